The maximum Gasteiger partial charge on any atom is 0.226 e. The van der Waals surface area contributed by atoms with E-state index in [1.54, 1.807) is 7.11 Å². The fourth-order valence-corrected chi connectivity index (χ4v) is 7.56. The molecule has 0 aromatic heterocycles. The Morgan fingerprint density at radius 3 is 1.80 bits per heavy atom. The Morgan fingerprint density at radius 1 is 0.617 bits per heavy atom. The Labute approximate surface area is 351 Å². The lowest BCUT2D eigenvalue weighted by atomic mass is 9.85. The maximum atomic E-state index is 13.6. The van der Waals surface area contributed by atoms with Crippen molar-refractivity contribution in [2.75, 3.05) is 26.9 Å². The SMILES string of the molecule is C=C1[C@@H](COCc2ccccc2)OC(O)(c2cc(Cc3ccc4c(c3)OCCO4)c(OC)cc2OCc2ccccc2)[C@H](OCc2ccccc2)[C@H]1OCc1ccccc1. The summed E-state index contributed by atoms with van der Waals surface area (Å²) in [5.74, 6) is 0.156. The minimum atomic E-state index is -2.15. The van der Waals surface area contributed by atoms with Gasteiger partial charge in [-0.25, -0.2) is 0 Å². The van der Waals surface area contributed by atoms with Crippen LogP contribution in [0.15, 0.2) is 164 Å². The highest BCUT2D eigenvalue weighted by molar-refractivity contribution is 5.53. The van der Waals surface area contributed by atoms with E-state index >= 15 is 0 Å². The highest BCUT2D eigenvalue weighted by atomic mass is 16.7. The number of hydrogen-bond donors (Lipinski definition) is 1. The third-order valence-electron chi connectivity index (χ3n) is 10.7. The van der Waals surface area contributed by atoms with Gasteiger partial charge in [-0.2, -0.15) is 0 Å². The predicted molar refractivity (Wildman–Crippen MR) is 228 cm³/mol. The van der Waals surface area contributed by atoms with E-state index in [9.17, 15) is 5.11 Å². The summed E-state index contributed by atoms with van der Waals surface area (Å²) in [6.07, 6.45) is -2.33. The van der Waals surface area contributed by atoms with Crippen LogP contribution in [0.2, 0.25) is 0 Å². The number of methoxy groups -OCH3 is 1. The van der Waals surface area contributed by atoms with Crippen LogP contribution < -0.4 is 18.9 Å². The summed E-state index contributed by atoms with van der Waals surface area (Å²) in [5, 5.41) is 13.6. The molecule has 0 amide bonds. The second-order valence-corrected chi connectivity index (χ2v) is 14.9. The molecule has 0 saturated carbocycles. The first-order chi connectivity index (χ1) is 29.5. The molecule has 9 nitrogen and oxygen atoms in total. The molecular formula is C51H50O9. The summed E-state index contributed by atoms with van der Waals surface area (Å²) >= 11 is 0. The average Bonchev–Trinajstić information content (AvgIpc) is 3.30. The number of benzene rings is 6. The van der Waals surface area contributed by atoms with Crippen LogP contribution in [-0.2, 0) is 57.6 Å². The topological polar surface area (TPSA) is 94.1 Å². The van der Waals surface area contributed by atoms with Crippen molar-refractivity contribution in [1.29, 1.82) is 0 Å². The van der Waals surface area contributed by atoms with Gasteiger partial charge in [-0.15, -0.1) is 0 Å². The standard InChI is InChI=1S/C51H50O9/c1-36-48(35-54-31-37-15-7-3-8-16-37)60-51(52,50(59-34-40-21-13-6-14-22-40)49(36)58-33-39-19-11-5-12-20-39)43-29-42(27-41-23-24-44-47(28-41)56-26-25-55-44)45(53-2)30-46(43)57-32-38-17-9-4-10-18-38/h3-24,28-30,48-50,52H,1,25-27,31-35H2,2H3/t48-,49+,50-,51?/m1/s1. The second-order valence-electron chi connectivity index (χ2n) is 14.9. The lowest BCUT2D eigenvalue weighted by molar-refractivity contribution is -0.335. The van der Waals surface area contributed by atoms with E-state index < -0.39 is 24.1 Å². The summed E-state index contributed by atoms with van der Waals surface area (Å²) in [5.41, 5.74) is 6.48. The molecule has 8 rings (SSSR count). The van der Waals surface area contributed by atoms with Gasteiger partial charge in [0.25, 0.3) is 0 Å². The molecule has 60 heavy (non-hydrogen) atoms. The fourth-order valence-electron chi connectivity index (χ4n) is 7.56. The number of aliphatic hydroxyl groups is 1. The van der Waals surface area contributed by atoms with Gasteiger partial charge in [0.2, 0.25) is 5.79 Å². The Kier molecular flexibility index (Phi) is 13.2. The third kappa shape index (κ3) is 9.74. The monoisotopic (exact) mass is 806 g/mol. The van der Waals surface area contributed by atoms with Gasteiger partial charge < -0.3 is 43.0 Å². The Morgan fingerprint density at radius 2 is 1.18 bits per heavy atom. The highest BCUT2D eigenvalue weighted by Crippen LogP contribution is 2.47. The minimum absolute atomic E-state index is 0.0903. The molecule has 0 spiro atoms. The number of hydrogen-bond acceptors (Lipinski definition) is 9. The Hall–Kier alpha value is -5.94. The zero-order valence-electron chi connectivity index (χ0n) is 33.7. The Balaban J connectivity index is 1.23. The number of ether oxygens (including phenoxy) is 8. The molecule has 6 aromatic rings. The van der Waals surface area contributed by atoms with E-state index in [1.165, 1.54) is 0 Å². The van der Waals surface area contributed by atoms with E-state index in [0.29, 0.717) is 60.4 Å². The van der Waals surface area contributed by atoms with Gasteiger partial charge in [0.15, 0.2) is 11.5 Å². The Bertz CT molecular complexity index is 2300. The van der Waals surface area contributed by atoms with E-state index in [0.717, 1.165) is 33.4 Å². The van der Waals surface area contributed by atoms with Crippen LogP contribution in [0.25, 0.3) is 0 Å². The van der Waals surface area contributed by atoms with E-state index in [2.05, 4.69) is 6.58 Å². The summed E-state index contributed by atoms with van der Waals surface area (Å²) < 4.78 is 51.2. The molecule has 1 fully saturated rings. The zero-order valence-corrected chi connectivity index (χ0v) is 33.7. The zero-order chi connectivity index (χ0) is 41.2. The van der Waals surface area contributed by atoms with Crippen LogP contribution in [0.3, 0.4) is 0 Å². The molecule has 308 valence electrons. The molecule has 1 N–H and O–H groups in total. The second kappa shape index (κ2) is 19.4. The van der Waals surface area contributed by atoms with Crippen LogP contribution in [0.4, 0.5) is 0 Å². The smallest absolute Gasteiger partial charge is 0.226 e. The van der Waals surface area contributed by atoms with Crippen LogP contribution in [-0.4, -0.2) is 50.3 Å². The molecule has 2 aliphatic heterocycles. The molecule has 6 aromatic carbocycles. The first-order valence-electron chi connectivity index (χ1n) is 20.2. The first-order valence-corrected chi connectivity index (χ1v) is 20.2. The van der Waals surface area contributed by atoms with Crippen molar-refractivity contribution in [1.82, 2.24) is 0 Å². The summed E-state index contributed by atoms with van der Waals surface area (Å²) in [4.78, 5) is 0. The molecule has 2 aliphatic rings. The molecule has 4 atom stereocenters. The van der Waals surface area contributed by atoms with E-state index in [-0.39, 0.29) is 26.4 Å². The van der Waals surface area contributed by atoms with Gasteiger partial charge in [0.05, 0.1) is 39.1 Å². The minimum Gasteiger partial charge on any atom is -0.496 e. The van der Waals surface area contributed by atoms with Gasteiger partial charge in [0, 0.05) is 12.5 Å². The van der Waals surface area contributed by atoms with E-state index in [1.807, 2.05) is 152 Å². The van der Waals surface area contributed by atoms with Crippen LogP contribution in [0.5, 0.6) is 23.0 Å². The molecule has 0 bridgehead atoms. The maximum absolute atomic E-state index is 13.6. The van der Waals surface area contributed by atoms with Crippen LogP contribution in [0.1, 0.15) is 38.9 Å². The van der Waals surface area contributed by atoms with Crippen molar-refractivity contribution in [3.63, 3.8) is 0 Å². The molecular weight excluding hydrogens is 757 g/mol. The number of fused-ring (bicyclic) bond motifs is 1. The molecule has 2 heterocycles. The largest absolute Gasteiger partial charge is 0.496 e. The van der Waals surface area contributed by atoms with Crippen molar-refractivity contribution >= 4 is 0 Å². The summed E-state index contributed by atoms with van der Waals surface area (Å²) in [6, 6.07) is 49.1. The summed E-state index contributed by atoms with van der Waals surface area (Å²) in [6.45, 7) is 6.53. The molecule has 0 aliphatic carbocycles. The lowest BCUT2D eigenvalue weighted by Crippen LogP contribution is -2.59. The molecule has 1 unspecified atom stereocenters. The van der Waals surface area contributed by atoms with Crippen molar-refractivity contribution < 1.29 is 43.0 Å². The third-order valence-corrected chi connectivity index (χ3v) is 10.7. The lowest BCUT2D eigenvalue weighted by Gasteiger charge is -2.48. The fraction of sp³-hybridized carbons (Fsp3) is 0.255. The van der Waals surface area contributed by atoms with Gasteiger partial charge in [-0.1, -0.05) is 134 Å². The van der Waals surface area contributed by atoms with Gasteiger partial charge in [-0.3, -0.25) is 0 Å². The van der Waals surface area contributed by atoms with E-state index in [4.69, 9.17) is 37.9 Å². The van der Waals surface area contributed by atoms with Crippen molar-refractivity contribution in [3.8, 4) is 23.0 Å². The van der Waals surface area contributed by atoms with Crippen molar-refractivity contribution in [2.24, 2.45) is 0 Å². The molecule has 9 heteroatoms. The highest BCUT2D eigenvalue weighted by Gasteiger charge is 2.55. The van der Waals surface area contributed by atoms with Gasteiger partial charge >= 0.3 is 0 Å². The first kappa shape index (κ1) is 40.8. The molecule has 1 saturated heterocycles. The quantitative estimate of drug-likeness (QED) is 0.0907. The van der Waals surface area contributed by atoms with Gasteiger partial charge in [-0.05, 0) is 57.2 Å². The van der Waals surface area contributed by atoms with Crippen LogP contribution in [0, 0.1) is 0 Å². The van der Waals surface area contributed by atoms with Crippen molar-refractivity contribution in [3.05, 3.63) is 203 Å². The summed E-state index contributed by atoms with van der Waals surface area (Å²) in [7, 11) is 1.62. The normalized spacial score (nSPS) is 19.8. The van der Waals surface area contributed by atoms with Crippen molar-refractivity contribution in [2.45, 2.75) is 56.9 Å². The van der Waals surface area contributed by atoms with Gasteiger partial charge in [0.1, 0.15) is 49.6 Å². The predicted octanol–water partition coefficient (Wildman–Crippen LogP) is 9.12. The molecule has 0 radical (unpaired) electrons. The average molecular weight is 807 g/mol. The van der Waals surface area contributed by atoms with Crippen LogP contribution >= 0.6 is 0 Å². The number of rotatable bonds is 17.